The van der Waals surface area contributed by atoms with Gasteiger partial charge in [0.05, 0.1) is 0 Å². The predicted molar refractivity (Wildman–Crippen MR) is 41.7 cm³/mol. The van der Waals surface area contributed by atoms with E-state index in [-0.39, 0.29) is 0 Å². The summed E-state index contributed by atoms with van der Waals surface area (Å²) < 4.78 is 0. The summed E-state index contributed by atoms with van der Waals surface area (Å²) in [6.07, 6.45) is 3.43. The van der Waals surface area contributed by atoms with Crippen LogP contribution < -0.4 is 0 Å². The highest BCUT2D eigenvalue weighted by Crippen LogP contribution is 2.44. The molecule has 0 spiro atoms. The zero-order valence-electron chi connectivity index (χ0n) is 7.05. The van der Waals surface area contributed by atoms with Gasteiger partial charge in [-0.2, -0.15) is 0 Å². The van der Waals surface area contributed by atoms with Gasteiger partial charge in [-0.15, -0.1) is 0 Å². The van der Waals surface area contributed by atoms with Gasteiger partial charge in [-0.3, -0.25) is 0 Å². The Morgan fingerprint density at radius 1 is 1.50 bits per heavy atom. The standard InChI is InChI=1S/C9H16O/c1-7-8(6-10)4-5-9(7,2)3/h6-8H,4-5H2,1-3H3. The van der Waals surface area contributed by atoms with Gasteiger partial charge in [0, 0.05) is 5.92 Å². The second-order valence-corrected chi connectivity index (χ2v) is 4.12. The summed E-state index contributed by atoms with van der Waals surface area (Å²) in [5.74, 6) is 0.903. The maximum Gasteiger partial charge on any atom is 0.123 e. The average Bonchev–Trinajstić information content (AvgIpc) is 2.10. The smallest absolute Gasteiger partial charge is 0.123 e. The van der Waals surface area contributed by atoms with E-state index in [1.807, 2.05) is 0 Å². The van der Waals surface area contributed by atoms with Gasteiger partial charge in [-0.25, -0.2) is 0 Å². The first-order valence-corrected chi connectivity index (χ1v) is 4.03. The second-order valence-electron chi connectivity index (χ2n) is 4.12. The molecule has 1 nitrogen and oxygen atoms in total. The van der Waals surface area contributed by atoms with Crippen LogP contribution in [0.5, 0.6) is 0 Å². The lowest BCUT2D eigenvalue weighted by Gasteiger charge is -2.24. The van der Waals surface area contributed by atoms with Gasteiger partial charge in [-0.1, -0.05) is 20.8 Å². The highest BCUT2D eigenvalue weighted by Gasteiger charge is 2.38. The van der Waals surface area contributed by atoms with E-state index < -0.39 is 0 Å². The molecule has 2 unspecified atom stereocenters. The fourth-order valence-corrected chi connectivity index (χ4v) is 1.78. The first-order chi connectivity index (χ1) is 4.58. The van der Waals surface area contributed by atoms with Crippen LogP contribution in [0.15, 0.2) is 0 Å². The van der Waals surface area contributed by atoms with E-state index >= 15 is 0 Å². The third-order valence-electron chi connectivity index (χ3n) is 3.17. The van der Waals surface area contributed by atoms with E-state index in [4.69, 9.17) is 0 Å². The quantitative estimate of drug-likeness (QED) is 0.510. The molecular weight excluding hydrogens is 124 g/mol. The second kappa shape index (κ2) is 2.37. The molecule has 1 fully saturated rings. The molecule has 0 N–H and O–H groups in total. The molecule has 0 saturated heterocycles. The van der Waals surface area contributed by atoms with Crippen LogP contribution >= 0.6 is 0 Å². The molecule has 10 heavy (non-hydrogen) atoms. The molecule has 0 bridgehead atoms. The zero-order chi connectivity index (χ0) is 7.78. The Morgan fingerprint density at radius 2 is 2.10 bits per heavy atom. The fourth-order valence-electron chi connectivity index (χ4n) is 1.78. The molecule has 0 heterocycles. The Bertz CT molecular complexity index is 138. The van der Waals surface area contributed by atoms with Gasteiger partial charge < -0.3 is 4.79 Å². The van der Waals surface area contributed by atoms with Gasteiger partial charge in [-0.05, 0) is 24.2 Å². The molecule has 0 aromatic heterocycles. The van der Waals surface area contributed by atoms with Crippen LogP contribution in [0.25, 0.3) is 0 Å². The molecule has 0 aromatic rings. The minimum absolute atomic E-state index is 0.329. The van der Waals surface area contributed by atoms with Gasteiger partial charge >= 0.3 is 0 Å². The minimum Gasteiger partial charge on any atom is -0.303 e. The first-order valence-electron chi connectivity index (χ1n) is 4.03. The Hall–Kier alpha value is -0.330. The molecule has 1 rings (SSSR count). The monoisotopic (exact) mass is 140 g/mol. The van der Waals surface area contributed by atoms with Crippen LogP contribution in [0.2, 0.25) is 0 Å². The van der Waals surface area contributed by atoms with Crippen molar-refractivity contribution in [3.8, 4) is 0 Å². The van der Waals surface area contributed by atoms with Crippen molar-refractivity contribution in [2.75, 3.05) is 0 Å². The average molecular weight is 140 g/mol. The lowest BCUT2D eigenvalue weighted by atomic mass is 9.80. The van der Waals surface area contributed by atoms with Crippen molar-refractivity contribution in [1.29, 1.82) is 0 Å². The van der Waals surface area contributed by atoms with E-state index in [1.165, 1.54) is 6.42 Å². The molecule has 0 amide bonds. The van der Waals surface area contributed by atoms with Crippen LogP contribution in [-0.4, -0.2) is 6.29 Å². The lowest BCUT2D eigenvalue weighted by Crippen LogP contribution is -2.19. The Labute approximate surface area is 62.8 Å². The number of carbonyl (C=O) groups excluding carboxylic acids is 1. The number of hydrogen-bond donors (Lipinski definition) is 0. The largest absolute Gasteiger partial charge is 0.303 e. The van der Waals surface area contributed by atoms with Gasteiger partial charge in [0.1, 0.15) is 6.29 Å². The molecule has 1 aliphatic carbocycles. The van der Waals surface area contributed by atoms with Crippen LogP contribution in [0.4, 0.5) is 0 Å². The fraction of sp³-hybridized carbons (Fsp3) is 0.889. The summed E-state index contributed by atoms with van der Waals surface area (Å²) in [6.45, 7) is 6.69. The maximum atomic E-state index is 10.5. The van der Waals surface area contributed by atoms with E-state index in [0.29, 0.717) is 17.3 Å². The lowest BCUT2D eigenvalue weighted by molar-refractivity contribution is -0.112. The van der Waals surface area contributed by atoms with E-state index in [2.05, 4.69) is 20.8 Å². The van der Waals surface area contributed by atoms with E-state index in [9.17, 15) is 4.79 Å². The summed E-state index contributed by atoms with van der Waals surface area (Å²) >= 11 is 0. The summed E-state index contributed by atoms with van der Waals surface area (Å²) in [5.41, 5.74) is 0.394. The molecule has 1 saturated carbocycles. The third-order valence-corrected chi connectivity index (χ3v) is 3.17. The SMILES string of the molecule is CC1C(C=O)CCC1(C)C. The molecule has 1 aliphatic rings. The predicted octanol–water partition coefficient (Wildman–Crippen LogP) is 2.26. The molecule has 2 atom stereocenters. The molecular formula is C9H16O. The summed E-state index contributed by atoms with van der Waals surface area (Å²) in [4.78, 5) is 10.5. The van der Waals surface area contributed by atoms with E-state index in [0.717, 1.165) is 12.7 Å². The van der Waals surface area contributed by atoms with Crippen molar-refractivity contribution < 1.29 is 4.79 Å². The molecule has 0 radical (unpaired) electrons. The topological polar surface area (TPSA) is 17.1 Å². The zero-order valence-corrected chi connectivity index (χ0v) is 7.05. The first kappa shape index (κ1) is 7.77. The van der Waals surface area contributed by atoms with Crippen LogP contribution in [0, 0.1) is 17.3 Å². The van der Waals surface area contributed by atoms with Crippen molar-refractivity contribution in [2.24, 2.45) is 17.3 Å². The number of aldehydes is 1. The van der Waals surface area contributed by atoms with Gasteiger partial charge in [0.25, 0.3) is 0 Å². The Balaban J connectivity index is 2.66. The Morgan fingerprint density at radius 3 is 2.30 bits per heavy atom. The minimum atomic E-state index is 0.329. The third kappa shape index (κ3) is 1.09. The van der Waals surface area contributed by atoms with Crippen molar-refractivity contribution in [3.05, 3.63) is 0 Å². The highest BCUT2D eigenvalue weighted by atomic mass is 16.1. The van der Waals surface area contributed by atoms with Gasteiger partial charge in [0.2, 0.25) is 0 Å². The summed E-state index contributed by atoms with van der Waals surface area (Å²) in [6, 6.07) is 0. The van der Waals surface area contributed by atoms with Crippen molar-refractivity contribution >= 4 is 6.29 Å². The molecule has 58 valence electrons. The van der Waals surface area contributed by atoms with Gasteiger partial charge in [0.15, 0.2) is 0 Å². The maximum absolute atomic E-state index is 10.5. The van der Waals surface area contributed by atoms with Crippen molar-refractivity contribution in [2.45, 2.75) is 33.6 Å². The summed E-state index contributed by atoms with van der Waals surface area (Å²) in [5, 5.41) is 0. The molecule has 0 aliphatic heterocycles. The normalized spacial score (nSPS) is 37.9. The highest BCUT2D eigenvalue weighted by molar-refractivity contribution is 5.54. The Kier molecular flexibility index (Phi) is 1.84. The summed E-state index contributed by atoms with van der Waals surface area (Å²) in [7, 11) is 0. The van der Waals surface area contributed by atoms with E-state index in [1.54, 1.807) is 0 Å². The van der Waals surface area contributed by atoms with Crippen LogP contribution in [0.3, 0.4) is 0 Å². The number of rotatable bonds is 1. The van der Waals surface area contributed by atoms with Crippen molar-refractivity contribution in [3.63, 3.8) is 0 Å². The van der Waals surface area contributed by atoms with Crippen molar-refractivity contribution in [1.82, 2.24) is 0 Å². The van der Waals surface area contributed by atoms with Crippen LogP contribution in [-0.2, 0) is 4.79 Å². The molecule has 0 aromatic carbocycles. The van der Waals surface area contributed by atoms with Crippen LogP contribution in [0.1, 0.15) is 33.6 Å². The molecule has 1 heteroatoms. The number of hydrogen-bond acceptors (Lipinski definition) is 1. The number of carbonyl (C=O) groups is 1.